The van der Waals surface area contributed by atoms with E-state index in [9.17, 15) is 21.6 Å². The quantitative estimate of drug-likeness (QED) is 0.480. The van der Waals surface area contributed by atoms with E-state index in [0.29, 0.717) is 17.7 Å². The molecule has 0 spiro atoms. The number of para-hydroxylation sites is 2. The van der Waals surface area contributed by atoms with Crippen LogP contribution < -0.4 is 14.2 Å². The molecule has 0 aliphatic heterocycles. The first-order valence-electron chi connectivity index (χ1n) is 8.53. The number of carboxylic acid groups (broad SMARTS) is 1. The lowest BCUT2D eigenvalue weighted by atomic mass is 10.2. The molecule has 0 saturated heterocycles. The van der Waals surface area contributed by atoms with Crippen LogP contribution in [0.25, 0.3) is 0 Å². The summed E-state index contributed by atoms with van der Waals surface area (Å²) >= 11 is 0. The van der Waals surface area contributed by atoms with Gasteiger partial charge in [0.2, 0.25) is 10.0 Å². The van der Waals surface area contributed by atoms with Crippen LogP contribution in [-0.2, 0) is 24.8 Å². The molecule has 0 heterocycles. The Labute approximate surface area is 169 Å². The number of hydrogen-bond donors (Lipinski definition) is 3. The fourth-order valence-electron chi connectivity index (χ4n) is 2.42. The molecule has 0 amide bonds. The predicted molar refractivity (Wildman–Crippen MR) is 109 cm³/mol. The minimum absolute atomic E-state index is 0.0175. The van der Waals surface area contributed by atoms with Crippen LogP contribution in [0.2, 0.25) is 0 Å². The van der Waals surface area contributed by atoms with Gasteiger partial charge in [-0.2, -0.15) is 0 Å². The molecule has 2 aromatic carbocycles. The molecule has 0 bridgehead atoms. The minimum atomic E-state index is -3.99. The van der Waals surface area contributed by atoms with Gasteiger partial charge in [0.15, 0.2) is 0 Å². The molecule has 0 aliphatic rings. The smallest absolute Gasteiger partial charge is 0.303 e. The maximum Gasteiger partial charge on any atom is 0.303 e. The fourth-order valence-corrected chi connectivity index (χ4v) is 4.16. The molecule has 0 atom stereocenters. The van der Waals surface area contributed by atoms with Gasteiger partial charge in [0, 0.05) is 6.42 Å². The second-order valence-corrected chi connectivity index (χ2v) is 9.73. The number of nitrogens with one attached hydrogen (secondary N) is 2. The highest BCUT2D eigenvalue weighted by molar-refractivity contribution is 7.93. The van der Waals surface area contributed by atoms with Crippen LogP contribution in [0.4, 0.5) is 11.4 Å². The fraction of sp³-hybridized carbons (Fsp3) is 0.278. The molecule has 158 valence electrons. The third kappa shape index (κ3) is 6.95. The van der Waals surface area contributed by atoms with Crippen molar-refractivity contribution in [2.24, 2.45) is 0 Å². The van der Waals surface area contributed by atoms with Crippen LogP contribution in [0.5, 0.6) is 5.75 Å². The number of carbonyl (C=O) groups is 1. The number of sulfonamides is 2. The molecule has 2 rings (SSSR count). The molecule has 0 saturated carbocycles. The number of carboxylic acids is 1. The Morgan fingerprint density at radius 2 is 1.66 bits per heavy atom. The number of rotatable bonds is 10. The average Bonchev–Trinajstić information content (AvgIpc) is 2.60. The molecule has 9 nitrogen and oxygen atoms in total. The first-order valence-corrected chi connectivity index (χ1v) is 11.9. The van der Waals surface area contributed by atoms with Gasteiger partial charge in [0.25, 0.3) is 10.0 Å². The summed E-state index contributed by atoms with van der Waals surface area (Å²) in [7, 11) is -7.57. The highest BCUT2D eigenvalue weighted by Gasteiger charge is 2.18. The third-order valence-electron chi connectivity index (χ3n) is 3.72. The van der Waals surface area contributed by atoms with Crippen LogP contribution in [0.15, 0.2) is 47.4 Å². The van der Waals surface area contributed by atoms with Crippen LogP contribution in [-0.4, -0.2) is 40.8 Å². The van der Waals surface area contributed by atoms with Gasteiger partial charge in [-0.1, -0.05) is 12.1 Å². The van der Waals surface area contributed by atoms with E-state index in [1.165, 1.54) is 30.3 Å². The Morgan fingerprint density at radius 1 is 1.03 bits per heavy atom. The van der Waals surface area contributed by atoms with Crippen LogP contribution in [0, 0.1) is 6.92 Å². The van der Waals surface area contributed by atoms with Crippen molar-refractivity contribution in [3.05, 3.63) is 48.0 Å². The minimum Gasteiger partial charge on any atom is -0.493 e. The number of benzene rings is 2. The average molecular weight is 443 g/mol. The van der Waals surface area contributed by atoms with Gasteiger partial charge in [-0.25, -0.2) is 16.8 Å². The summed E-state index contributed by atoms with van der Waals surface area (Å²) in [5.74, 6) is -0.461. The maximum atomic E-state index is 12.7. The largest absolute Gasteiger partial charge is 0.493 e. The van der Waals surface area contributed by atoms with E-state index >= 15 is 0 Å². The molecule has 0 aliphatic carbocycles. The van der Waals surface area contributed by atoms with Crippen molar-refractivity contribution in [2.45, 2.75) is 24.7 Å². The highest BCUT2D eigenvalue weighted by atomic mass is 32.2. The number of hydrogen-bond acceptors (Lipinski definition) is 6. The van der Waals surface area contributed by atoms with Crippen molar-refractivity contribution in [3.8, 4) is 5.75 Å². The Balaban J connectivity index is 2.18. The molecule has 0 fully saturated rings. The molecular weight excluding hydrogens is 420 g/mol. The van der Waals surface area contributed by atoms with Crippen LogP contribution in [0.1, 0.15) is 18.4 Å². The zero-order valence-electron chi connectivity index (χ0n) is 15.9. The van der Waals surface area contributed by atoms with Gasteiger partial charge < -0.3 is 9.84 Å². The number of anilines is 2. The topological polar surface area (TPSA) is 139 Å². The molecule has 3 N–H and O–H groups in total. The van der Waals surface area contributed by atoms with E-state index in [0.717, 1.165) is 6.26 Å². The zero-order valence-corrected chi connectivity index (χ0v) is 17.5. The molecule has 29 heavy (non-hydrogen) atoms. The maximum absolute atomic E-state index is 12.7. The molecule has 2 aromatic rings. The number of aryl methyl sites for hydroxylation is 1. The number of aliphatic carboxylic acids is 1. The van der Waals surface area contributed by atoms with Crippen molar-refractivity contribution in [1.82, 2.24) is 0 Å². The molecule has 0 unspecified atom stereocenters. The van der Waals surface area contributed by atoms with E-state index < -0.39 is 26.0 Å². The Morgan fingerprint density at radius 3 is 2.21 bits per heavy atom. The van der Waals surface area contributed by atoms with E-state index in [1.807, 2.05) is 0 Å². The molecule has 0 aromatic heterocycles. The van der Waals surface area contributed by atoms with E-state index in [2.05, 4.69) is 9.44 Å². The lowest BCUT2D eigenvalue weighted by molar-refractivity contribution is -0.137. The van der Waals surface area contributed by atoms with Crippen molar-refractivity contribution in [3.63, 3.8) is 0 Å². The van der Waals surface area contributed by atoms with Crippen molar-refractivity contribution < 1.29 is 31.5 Å². The Kier molecular flexibility index (Phi) is 7.09. The second-order valence-electron chi connectivity index (χ2n) is 6.30. The monoisotopic (exact) mass is 442 g/mol. The van der Waals surface area contributed by atoms with Crippen molar-refractivity contribution in [2.75, 3.05) is 22.3 Å². The summed E-state index contributed by atoms with van der Waals surface area (Å²) < 4.78 is 58.5. The van der Waals surface area contributed by atoms with Gasteiger partial charge in [-0.3, -0.25) is 14.2 Å². The van der Waals surface area contributed by atoms with Gasteiger partial charge in [0.05, 0.1) is 29.1 Å². The van der Waals surface area contributed by atoms with Crippen LogP contribution in [0.3, 0.4) is 0 Å². The van der Waals surface area contributed by atoms with E-state index in [1.54, 1.807) is 19.1 Å². The third-order valence-corrected chi connectivity index (χ3v) is 5.67. The highest BCUT2D eigenvalue weighted by Crippen LogP contribution is 2.27. The normalized spacial score (nSPS) is 11.7. The van der Waals surface area contributed by atoms with Gasteiger partial charge >= 0.3 is 5.97 Å². The van der Waals surface area contributed by atoms with E-state index in [4.69, 9.17) is 9.84 Å². The molecular formula is C18H22N2O7S2. The first kappa shape index (κ1) is 22.5. The summed E-state index contributed by atoms with van der Waals surface area (Å²) in [4.78, 5) is 10.5. The Hall–Kier alpha value is -2.79. The first-order chi connectivity index (χ1) is 13.5. The predicted octanol–water partition coefficient (Wildman–Crippen LogP) is 2.41. The lowest BCUT2D eigenvalue weighted by Gasteiger charge is -2.14. The zero-order chi connectivity index (χ0) is 21.7. The summed E-state index contributed by atoms with van der Waals surface area (Å²) in [6.07, 6.45) is 1.29. The lowest BCUT2D eigenvalue weighted by Crippen LogP contribution is -2.16. The SMILES string of the molecule is Cc1cc(S(=O)(=O)Nc2ccccc2NS(C)(=O)=O)ccc1OCCCC(=O)O. The molecule has 0 radical (unpaired) electrons. The van der Waals surface area contributed by atoms with Crippen LogP contribution >= 0.6 is 0 Å². The summed E-state index contributed by atoms with van der Waals surface area (Å²) in [6.45, 7) is 1.87. The van der Waals surface area contributed by atoms with Crippen molar-refractivity contribution in [1.29, 1.82) is 0 Å². The standard InChI is InChI=1S/C18H22N2O7S2/c1-13-12-14(9-10-17(13)27-11-5-8-18(21)22)29(25,26)20-16-7-4-3-6-15(16)19-28(2,23)24/h3-4,6-7,9-10,12,19-20H,5,8,11H2,1-2H3,(H,21,22). The summed E-state index contributed by atoms with van der Waals surface area (Å²) in [6, 6.07) is 10.3. The second kappa shape index (κ2) is 9.14. The molecule has 11 heteroatoms. The summed E-state index contributed by atoms with van der Waals surface area (Å²) in [5, 5.41) is 8.63. The van der Waals surface area contributed by atoms with Crippen molar-refractivity contribution >= 4 is 37.4 Å². The number of ether oxygens (including phenoxy) is 1. The Bertz CT molecular complexity index is 1100. The summed E-state index contributed by atoms with van der Waals surface area (Å²) in [5.41, 5.74) is 0.754. The van der Waals surface area contributed by atoms with Gasteiger partial charge in [-0.15, -0.1) is 0 Å². The van der Waals surface area contributed by atoms with E-state index in [-0.39, 0.29) is 29.3 Å². The van der Waals surface area contributed by atoms with Gasteiger partial charge in [0.1, 0.15) is 5.75 Å². The van der Waals surface area contributed by atoms with Gasteiger partial charge in [-0.05, 0) is 49.2 Å².